The monoisotopic (exact) mass is 583 g/mol. The van der Waals surface area contributed by atoms with Crippen molar-refractivity contribution in [2.24, 2.45) is 11.4 Å². The van der Waals surface area contributed by atoms with Crippen molar-refractivity contribution in [2.75, 3.05) is 18.7 Å². The predicted octanol–water partition coefficient (Wildman–Crippen LogP) is 4.18. The number of aromatic nitrogens is 3. The lowest BCUT2D eigenvalue weighted by atomic mass is 10.1. The van der Waals surface area contributed by atoms with Crippen molar-refractivity contribution in [3.8, 4) is 11.8 Å². The zero-order chi connectivity index (χ0) is 30.3. The van der Waals surface area contributed by atoms with Gasteiger partial charge in [-0.05, 0) is 61.4 Å². The summed E-state index contributed by atoms with van der Waals surface area (Å²) in [6.45, 7) is 1.81. The molecule has 0 aliphatic heterocycles. The number of pyridine rings is 1. The van der Waals surface area contributed by atoms with Gasteiger partial charge in [0.1, 0.15) is 5.69 Å². The number of amides is 2. The number of nitrogens with zero attached hydrogens (tertiary/aromatic N) is 4. The van der Waals surface area contributed by atoms with Gasteiger partial charge in [-0.3, -0.25) is 24.0 Å². The maximum atomic E-state index is 13.3. The fourth-order valence-corrected chi connectivity index (χ4v) is 5.15. The molecule has 1 unspecified atom stereocenters. The molecule has 0 saturated heterocycles. The van der Waals surface area contributed by atoms with Gasteiger partial charge >= 0.3 is 5.97 Å². The lowest BCUT2D eigenvalue weighted by molar-refractivity contribution is -0.140. The van der Waals surface area contributed by atoms with E-state index in [4.69, 9.17) is 0 Å². The van der Waals surface area contributed by atoms with Crippen molar-refractivity contribution in [1.82, 2.24) is 14.8 Å². The van der Waals surface area contributed by atoms with E-state index < -0.39 is 15.6 Å². The average Bonchev–Trinajstić information content (AvgIpc) is 3.32. The molecule has 11 heteroatoms. The number of nitrogens with one attached hydrogen (secondary N) is 1. The summed E-state index contributed by atoms with van der Waals surface area (Å²) < 4.78 is 23.4. The smallest absolute Gasteiger partial charge is 0.305 e. The van der Waals surface area contributed by atoms with Crippen LogP contribution >= 0.6 is 0 Å². The van der Waals surface area contributed by atoms with E-state index in [1.54, 1.807) is 61.6 Å². The topological polar surface area (TPSA) is 133 Å². The third kappa shape index (κ3) is 7.77. The van der Waals surface area contributed by atoms with Gasteiger partial charge in [0.15, 0.2) is 0 Å². The van der Waals surface area contributed by atoms with Crippen LogP contribution < -0.4 is 5.32 Å². The Morgan fingerprint density at radius 3 is 2.45 bits per heavy atom. The van der Waals surface area contributed by atoms with Crippen LogP contribution in [0.5, 0.6) is 0 Å². The van der Waals surface area contributed by atoms with Crippen LogP contribution in [-0.4, -0.2) is 50.1 Å². The lowest BCUT2D eigenvalue weighted by Crippen LogP contribution is -2.16. The van der Waals surface area contributed by atoms with Crippen LogP contribution in [0.4, 0.5) is 5.69 Å². The molecule has 10 nitrogen and oxygen atoms in total. The zero-order valence-electron chi connectivity index (χ0n) is 23.6. The first-order valence-corrected chi connectivity index (χ1v) is 14.8. The van der Waals surface area contributed by atoms with Crippen molar-refractivity contribution < 1.29 is 23.3 Å². The minimum atomic E-state index is -3.03. The van der Waals surface area contributed by atoms with Gasteiger partial charge in [-0.2, -0.15) is 9.46 Å². The molecule has 2 heterocycles. The molecule has 0 aliphatic carbocycles. The van der Waals surface area contributed by atoms with Crippen LogP contribution in [0.2, 0.25) is 0 Å². The molecule has 0 spiro atoms. The largest absolute Gasteiger partial charge is 0.469 e. The Hall–Kier alpha value is -5.08. The minimum absolute atomic E-state index is 0.151. The summed E-state index contributed by atoms with van der Waals surface area (Å²) in [5, 5.41) is 7.04. The maximum absolute atomic E-state index is 13.3. The number of carbonyl (C=O) groups excluding carboxylic acids is 3. The summed E-state index contributed by atoms with van der Waals surface area (Å²) in [5.74, 6) is 4.70. The van der Waals surface area contributed by atoms with E-state index in [9.17, 15) is 18.6 Å². The van der Waals surface area contributed by atoms with Crippen molar-refractivity contribution in [1.29, 1.82) is 0 Å². The summed E-state index contributed by atoms with van der Waals surface area (Å²) >= 11 is 0. The quantitative estimate of drug-likeness (QED) is 0.255. The Kier molecular flexibility index (Phi) is 9.29. The molecule has 0 saturated carbocycles. The molecule has 214 valence electrons. The molecule has 2 amide bonds. The molecule has 1 atom stereocenters. The van der Waals surface area contributed by atoms with E-state index in [2.05, 4.69) is 36.3 Å². The second kappa shape index (κ2) is 13.1. The summed E-state index contributed by atoms with van der Waals surface area (Å²) in [7, 11) is 0.00548. The standard InChI is InChI=1S/C31H29N5O5S/c1-21-16-28(36(2)34-21)31(39)33-26-7-5-6-23(18-26)8-9-24-17-25(20-32-19-24)30(38)35-42(4,40)27-13-10-22(11-14-27)12-15-29(37)41-3/h5-7,10-11,13-14,16-20H,12,15H2,1-4H3,(H,33,39). The van der Waals surface area contributed by atoms with Crippen LogP contribution in [0, 0.1) is 18.8 Å². The SMILES string of the molecule is COC(=O)CCc1ccc(S(C)(=O)=NC(=O)c2cncc(C#Cc3cccc(NC(=O)c4cc(C)nn4C)c3)c2)cc1. The first kappa shape index (κ1) is 29.9. The highest BCUT2D eigenvalue weighted by atomic mass is 32.2. The molecular weight excluding hydrogens is 554 g/mol. The molecule has 0 aliphatic rings. The van der Waals surface area contributed by atoms with Crippen LogP contribution in [0.1, 0.15) is 49.7 Å². The molecule has 0 fully saturated rings. The predicted molar refractivity (Wildman–Crippen MR) is 158 cm³/mol. The molecule has 4 rings (SSSR count). The molecule has 42 heavy (non-hydrogen) atoms. The number of benzene rings is 2. The number of carbonyl (C=O) groups is 3. The van der Waals surface area contributed by atoms with E-state index >= 15 is 0 Å². The van der Waals surface area contributed by atoms with Gasteiger partial charge in [-0.15, -0.1) is 0 Å². The summed E-state index contributed by atoms with van der Waals surface area (Å²) in [6.07, 6.45) is 4.97. The number of anilines is 1. The van der Waals surface area contributed by atoms with E-state index in [-0.39, 0.29) is 23.9 Å². The van der Waals surface area contributed by atoms with Gasteiger partial charge in [0, 0.05) is 53.8 Å². The number of hydrogen-bond donors (Lipinski definition) is 1. The molecule has 2 aromatic carbocycles. The Labute approximate surface area is 244 Å². The first-order chi connectivity index (χ1) is 20.0. The van der Waals surface area contributed by atoms with Gasteiger partial charge in [-0.1, -0.05) is 30.0 Å². The third-order valence-electron chi connectivity index (χ3n) is 6.15. The van der Waals surface area contributed by atoms with Gasteiger partial charge in [0.2, 0.25) is 0 Å². The van der Waals surface area contributed by atoms with E-state index in [1.165, 1.54) is 36.5 Å². The van der Waals surface area contributed by atoms with Gasteiger partial charge < -0.3 is 10.1 Å². The molecule has 4 aromatic rings. The van der Waals surface area contributed by atoms with Crippen LogP contribution in [-0.2, 0) is 32.7 Å². The summed E-state index contributed by atoms with van der Waals surface area (Å²) in [5.41, 5.74) is 3.88. The fourth-order valence-electron chi connectivity index (χ4n) is 3.98. The number of methoxy groups -OCH3 is 1. The van der Waals surface area contributed by atoms with E-state index in [1.807, 2.05) is 6.92 Å². The van der Waals surface area contributed by atoms with Crippen LogP contribution in [0.25, 0.3) is 0 Å². The van der Waals surface area contributed by atoms with Crippen LogP contribution in [0.3, 0.4) is 0 Å². The Morgan fingerprint density at radius 2 is 1.76 bits per heavy atom. The van der Waals surface area contributed by atoms with Crippen LogP contribution in [0.15, 0.2) is 82.3 Å². The molecule has 0 bridgehead atoms. The van der Waals surface area contributed by atoms with Crippen molar-refractivity contribution in [2.45, 2.75) is 24.7 Å². The van der Waals surface area contributed by atoms with Gasteiger partial charge in [0.25, 0.3) is 11.8 Å². The second-order valence-corrected chi connectivity index (χ2v) is 11.7. The summed E-state index contributed by atoms with van der Waals surface area (Å²) in [6, 6.07) is 17.1. The molecule has 2 aromatic heterocycles. The highest BCUT2D eigenvalue weighted by molar-refractivity contribution is 7.93. The van der Waals surface area contributed by atoms with Crippen molar-refractivity contribution >= 4 is 33.2 Å². The molecule has 0 radical (unpaired) electrons. The van der Waals surface area contributed by atoms with Gasteiger partial charge in [-0.25, -0.2) is 4.21 Å². The zero-order valence-corrected chi connectivity index (χ0v) is 24.4. The second-order valence-electron chi connectivity index (χ2n) is 9.46. The number of aryl methyl sites for hydroxylation is 3. The number of esters is 1. The van der Waals surface area contributed by atoms with Crippen molar-refractivity contribution in [3.05, 3.63) is 107 Å². The van der Waals surface area contributed by atoms with Crippen molar-refractivity contribution in [3.63, 3.8) is 0 Å². The highest BCUT2D eigenvalue weighted by Gasteiger charge is 2.14. The number of hydrogen-bond acceptors (Lipinski definition) is 7. The van der Waals surface area contributed by atoms with E-state index in [0.29, 0.717) is 33.8 Å². The lowest BCUT2D eigenvalue weighted by Gasteiger charge is -2.06. The Bertz CT molecular complexity index is 1840. The highest BCUT2D eigenvalue weighted by Crippen LogP contribution is 2.17. The van der Waals surface area contributed by atoms with E-state index in [0.717, 1.165) is 11.3 Å². The normalized spacial score (nSPS) is 11.9. The molecular formula is C31H29N5O5S. The minimum Gasteiger partial charge on any atom is -0.469 e. The maximum Gasteiger partial charge on any atom is 0.305 e. The first-order valence-electron chi connectivity index (χ1n) is 12.9. The average molecular weight is 584 g/mol. The summed E-state index contributed by atoms with van der Waals surface area (Å²) in [4.78, 5) is 41.4. The van der Waals surface area contributed by atoms with Gasteiger partial charge in [0.05, 0.1) is 28.1 Å². The Morgan fingerprint density at radius 1 is 1.02 bits per heavy atom. The Balaban J connectivity index is 1.47. The number of rotatable bonds is 7. The fraction of sp³-hybridized carbons (Fsp3) is 0.194. The number of ether oxygens (including phenoxy) is 1. The molecule has 1 N–H and O–H groups in total. The third-order valence-corrected chi connectivity index (χ3v) is 7.82.